The lowest BCUT2D eigenvalue weighted by Gasteiger charge is -1.97. The number of fused-ring (bicyclic) bond motifs is 1. The Morgan fingerprint density at radius 1 is 1.11 bits per heavy atom. The van der Waals surface area contributed by atoms with Gasteiger partial charge >= 0.3 is 0 Å². The summed E-state index contributed by atoms with van der Waals surface area (Å²) in [4.78, 5) is 12.8. The predicted molar refractivity (Wildman–Crippen MR) is 76.7 cm³/mol. The zero-order chi connectivity index (χ0) is 13.4. The van der Waals surface area contributed by atoms with Crippen LogP contribution in [-0.2, 0) is 0 Å². The Morgan fingerprint density at radius 3 is 2.58 bits per heavy atom. The van der Waals surface area contributed by atoms with Gasteiger partial charge in [-0.15, -0.1) is 11.3 Å². The molecule has 0 N–H and O–H groups in total. The highest BCUT2D eigenvalue weighted by Crippen LogP contribution is 2.36. The van der Waals surface area contributed by atoms with E-state index in [4.69, 9.17) is 11.6 Å². The van der Waals surface area contributed by atoms with Gasteiger partial charge < -0.3 is 0 Å². The van der Waals surface area contributed by atoms with E-state index < -0.39 is 0 Å². The molecule has 0 amide bonds. The topological polar surface area (TPSA) is 17.1 Å². The first-order valence-electron chi connectivity index (χ1n) is 5.64. The maximum Gasteiger partial charge on any atom is 0.204 e. The quantitative estimate of drug-likeness (QED) is 0.612. The van der Waals surface area contributed by atoms with E-state index in [1.165, 1.54) is 23.5 Å². The van der Waals surface area contributed by atoms with Crippen LogP contribution in [0.4, 0.5) is 4.39 Å². The normalized spacial score (nSPS) is 10.8. The van der Waals surface area contributed by atoms with Gasteiger partial charge in [-0.05, 0) is 18.2 Å². The molecule has 1 nitrogen and oxygen atoms in total. The third-order valence-corrected chi connectivity index (χ3v) is 4.49. The van der Waals surface area contributed by atoms with Crippen molar-refractivity contribution < 1.29 is 9.18 Å². The van der Waals surface area contributed by atoms with Crippen molar-refractivity contribution in [1.29, 1.82) is 0 Å². The van der Waals surface area contributed by atoms with E-state index in [2.05, 4.69) is 0 Å². The van der Waals surface area contributed by atoms with Crippen LogP contribution in [0.15, 0.2) is 48.5 Å². The Morgan fingerprint density at radius 2 is 1.84 bits per heavy atom. The van der Waals surface area contributed by atoms with Gasteiger partial charge in [0.15, 0.2) is 0 Å². The summed E-state index contributed by atoms with van der Waals surface area (Å²) in [5.41, 5.74) is 0.580. The first-order chi connectivity index (χ1) is 9.16. The molecule has 0 saturated heterocycles. The molecule has 0 aliphatic carbocycles. The summed E-state index contributed by atoms with van der Waals surface area (Å²) < 4.78 is 13.9. The van der Waals surface area contributed by atoms with Gasteiger partial charge in [-0.1, -0.05) is 41.9 Å². The second-order valence-corrected chi connectivity index (χ2v) is 5.51. The molecule has 1 aromatic heterocycles. The van der Waals surface area contributed by atoms with Crippen LogP contribution in [0.3, 0.4) is 0 Å². The molecule has 0 saturated carbocycles. The van der Waals surface area contributed by atoms with Gasteiger partial charge in [0, 0.05) is 15.6 Å². The van der Waals surface area contributed by atoms with Crippen molar-refractivity contribution in [3.8, 4) is 0 Å². The number of hydrogen-bond donors (Lipinski definition) is 0. The van der Waals surface area contributed by atoms with Gasteiger partial charge in [0.25, 0.3) is 0 Å². The third kappa shape index (κ3) is 2.15. The minimum Gasteiger partial charge on any atom is -0.288 e. The smallest absolute Gasteiger partial charge is 0.204 e. The SMILES string of the molecule is O=C(c1ccccc1)c1sc2cc(F)ccc2c1Cl. The first-order valence-corrected chi connectivity index (χ1v) is 6.83. The Bertz CT molecular complexity index is 764. The summed E-state index contributed by atoms with van der Waals surface area (Å²) in [5, 5.41) is 1.11. The number of halogens is 2. The molecule has 19 heavy (non-hydrogen) atoms. The molecular weight excluding hydrogens is 283 g/mol. The van der Waals surface area contributed by atoms with Crippen molar-refractivity contribution in [2.45, 2.75) is 0 Å². The summed E-state index contributed by atoms with van der Waals surface area (Å²) in [6.45, 7) is 0. The van der Waals surface area contributed by atoms with Crippen molar-refractivity contribution in [1.82, 2.24) is 0 Å². The van der Waals surface area contributed by atoms with E-state index in [1.54, 1.807) is 30.3 Å². The second-order valence-electron chi connectivity index (χ2n) is 4.08. The zero-order valence-electron chi connectivity index (χ0n) is 9.69. The highest BCUT2D eigenvalue weighted by atomic mass is 35.5. The number of ketones is 1. The number of carbonyl (C=O) groups excluding carboxylic acids is 1. The number of rotatable bonds is 2. The summed E-state index contributed by atoms with van der Waals surface area (Å²) in [6.07, 6.45) is 0. The molecule has 0 atom stereocenters. The van der Waals surface area contributed by atoms with Gasteiger partial charge in [-0.25, -0.2) is 4.39 Å². The monoisotopic (exact) mass is 290 g/mol. The standard InChI is InChI=1S/C15H8ClFOS/c16-13-11-7-6-10(17)8-12(11)19-15(13)14(18)9-4-2-1-3-5-9/h1-8H. The fraction of sp³-hybridized carbons (Fsp3) is 0. The van der Waals surface area contributed by atoms with E-state index >= 15 is 0 Å². The number of benzene rings is 2. The van der Waals surface area contributed by atoms with E-state index in [0.29, 0.717) is 25.5 Å². The Kier molecular flexibility index (Phi) is 3.09. The molecule has 3 rings (SSSR count). The largest absolute Gasteiger partial charge is 0.288 e. The maximum absolute atomic E-state index is 13.2. The van der Waals surface area contributed by atoms with E-state index in [0.717, 1.165) is 0 Å². The van der Waals surface area contributed by atoms with Gasteiger partial charge in [-0.2, -0.15) is 0 Å². The van der Waals surface area contributed by atoms with Gasteiger partial charge in [-0.3, -0.25) is 4.79 Å². The lowest BCUT2D eigenvalue weighted by Crippen LogP contribution is -1.98. The number of hydrogen-bond acceptors (Lipinski definition) is 2. The van der Waals surface area contributed by atoms with Crippen molar-refractivity contribution in [2.24, 2.45) is 0 Å². The summed E-state index contributed by atoms with van der Waals surface area (Å²) in [6, 6.07) is 13.3. The van der Waals surface area contributed by atoms with Crippen LogP contribution in [-0.4, -0.2) is 5.78 Å². The van der Waals surface area contributed by atoms with Gasteiger partial charge in [0.2, 0.25) is 5.78 Å². The van der Waals surface area contributed by atoms with E-state index in [9.17, 15) is 9.18 Å². The first kappa shape index (κ1) is 12.3. The Hall–Kier alpha value is -1.71. The minimum absolute atomic E-state index is 0.132. The van der Waals surface area contributed by atoms with Crippen LogP contribution in [0, 0.1) is 5.82 Å². The Balaban J connectivity index is 2.16. The molecule has 3 aromatic rings. The summed E-state index contributed by atoms with van der Waals surface area (Å²) >= 11 is 7.44. The Labute approximate surface area is 118 Å². The fourth-order valence-electron chi connectivity index (χ4n) is 1.91. The van der Waals surface area contributed by atoms with Gasteiger partial charge in [0.05, 0.1) is 9.90 Å². The van der Waals surface area contributed by atoms with E-state index in [1.807, 2.05) is 6.07 Å². The minimum atomic E-state index is -0.330. The average Bonchev–Trinajstić information content (AvgIpc) is 2.75. The molecule has 1 heterocycles. The highest BCUT2D eigenvalue weighted by molar-refractivity contribution is 7.21. The molecule has 0 bridgehead atoms. The average molecular weight is 291 g/mol. The van der Waals surface area contributed by atoms with Crippen molar-refractivity contribution >= 4 is 38.8 Å². The summed E-state index contributed by atoms with van der Waals surface area (Å²) in [5.74, 6) is -0.462. The van der Waals surface area contributed by atoms with Gasteiger partial charge in [0.1, 0.15) is 5.82 Å². The fourth-order valence-corrected chi connectivity index (χ4v) is 3.41. The molecule has 0 radical (unpaired) electrons. The molecular formula is C15H8ClFOS. The molecule has 0 unspecified atom stereocenters. The highest BCUT2D eigenvalue weighted by Gasteiger charge is 2.18. The predicted octanol–water partition coefficient (Wildman–Crippen LogP) is 4.92. The van der Waals surface area contributed by atoms with E-state index in [-0.39, 0.29) is 11.6 Å². The molecule has 94 valence electrons. The molecule has 0 aliphatic heterocycles. The van der Waals surface area contributed by atoms with Crippen LogP contribution in [0.5, 0.6) is 0 Å². The number of thiophene rings is 1. The lowest BCUT2D eigenvalue weighted by molar-refractivity contribution is 0.104. The van der Waals surface area contributed by atoms with Crippen LogP contribution in [0.25, 0.3) is 10.1 Å². The molecule has 0 spiro atoms. The van der Waals surface area contributed by atoms with Crippen molar-refractivity contribution in [3.63, 3.8) is 0 Å². The zero-order valence-corrected chi connectivity index (χ0v) is 11.3. The molecule has 0 aliphatic rings. The third-order valence-electron chi connectivity index (χ3n) is 2.83. The van der Waals surface area contributed by atoms with Crippen molar-refractivity contribution in [2.75, 3.05) is 0 Å². The van der Waals surface area contributed by atoms with Crippen molar-refractivity contribution in [3.05, 3.63) is 69.8 Å². The maximum atomic E-state index is 13.2. The molecule has 2 aromatic carbocycles. The molecule has 0 fully saturated rings. The van der Waals surface area contributed by atoms with Crippen LogP contribution >= 0.6 is 22.9 Å². The lowest BCUT2D eigenvalue weighted by atomic mass is 10.1. The van der Waals surface area contributed by atoms with Crippen LogP contribution < -0.4 is 0 Å². The second kappa shape index (κ2) is 4.76. The molecule has 4 heteroatoms. The summed E-state index contributed by atoms with van der Waals surface area (Å²) in [7, 11) is 0. The van der Waals surface area contributed by atoms with Crippen LogP contribution in [0.2, 0.25) is 5.02 Å². The number of carbonyl (C=O) groups is 1. The van der Waals surface area contributed by atoms with Crippen LogP contribution in [0.1, 0.15) is 15.2 Å².